The Morgan fingerprint density at radius 1 is 1.00 bits per heavy atom. The summed E-state index contributed by atoms with van der Waals surface area (Å²) >= 11 is 5.74. The summed E-state index contributed by atoms with van der Waals surface area (Å²) < 4.78 is 0. The number of anilines is 2. The number of nitrogens with one attached hydrogen (secondary N) is 1. The zero-order valence-corrected chi connectivity index (χ0v) is 16.1. The molecule has 2 aromatic carbocycles. The lowest BCUT2D eigenvalue weighted by Gasteiger charge is -2.23. The highest BCUT2D eigenvalue weighted by Crippen LogP contribution is 2.45. The van der Waals surface area contributed by atoms with Gasteiger partial charge >= 0.3 is 0 Å². The summed E-state index contributed by atoms with van der Waals surface area (Å²) in [6, 6.07) is 15.2. The lowest BCUT2D eigenvalue weighted by Crippen LogP contribution is -2.06. The highest BCUT2D eigenvalue weighted by atomic mass is 79.9. The molecule has 0 spiro atoms. The van der Waals surface area contributed by atoms with Crippen molar-refractivity contribution < 1.29 is 0 Å². The molecule has 0 aliphatic carbocycles. The van der Waals surface area contributed by atoms with Crippen LogP contribution in [-0.2, 0) is 6.42 Å². The van der Waals surface area contributed by atoms with Crippen molar-refractivity contribution in [2.75, 3.05) is 5.32 Å². The van der Waals surface area contributed by atoms with Gasteiger partial charge < -0.3 is 5.32 Å². The standard InChI is InChI=1S/C20H24BrNS/c1-2-3-4-9-16(21)14-13-15-8-7-12-19-20(15)22-17-10-5-6-11-18(17)23-19/h5-8,10-12,16,22H,2-4,9,13-14H2,1H3. The summed E-state index contributed by atoms with van der Waals surface area (Å²) in [6.07, 6.45) is 7.59. The molecule has 1 unspecified atom stereocenters. The van der Waals surface area contributed by atoms with Crippen molar-refractivity contribution >= 4 is 39.1 Å². The fourth-order valence-corrected chi connectivity index (χ4v) is 4.59. The van der Waals surface area contributed by atoms with Crippen LogP contribution < -0.4 is 5.32 Å². The molecule has 1 N–H and O–H groups in total. The number of halogens is 1. The zero-order chi connectivity index (χ0) is 16.1. The Morgan fingerprint density at radius 3 is 2.70 bits per heavy atom. The van der Waals surface area contributed by atoms with Crippen molar-refractivity contribution in [1.29, 1.82) is 0 Å². The third-order valence-electron chi connectivity index (χ3n) is 4.33. The summed E-state index contributed by atoms with van der Waals surface area (Å²) in [5.41, 5.74) is 3.98. The Hall–Kier alpha value is -0.930. The summed E-state index contributed by atoms with van der Waals surface area (Å²) in [5, 5.41) is 3.65. The monoisotopic (exact) mass is 389 g/mol. The third kappa shape index (κ3) is 4.33. The van der Waals surface area contributed by atoms with Crippen LogP contribution in [-0.4, -0.2) is 4.83 Å². The van der Waals surface area contributed by atoms with Crippen LogP contribution >= 0.6 is 27.7 Å². The number of alkyl halides is 1. The van der Waals surface area contributed by atoms with Gasteiger partial charge in [0.15, 0.2) is 0 Å². The predicted octanol–water partition coefficient (Wildman–Crippen LogP) is 7.17. The van der Waals surface area contributed by atoms with Crippen LogP contribution in [0.25, 0.3) is 0 Å². The van der Waals surface area contributed by atoms with Gasteiger partial charge in [0.05, 0.1) is 11.4 Å². The average Bonchev–Trinajstić information content (AvgIpc) is 2.58. The van der Waals surface area contributed by atoms with Gasteiger partial charge in [-0.25, -0.2) is 0 Å². The SMILES string of the molecule is CCCCCC(Br)CCc1cccc2c1Nc1ccccc1S2. The molecule has 0 saturated carbocycles. The van der Waals surface area contributed by atoms with E-state index < -0.39 is 0 Å². The van der Waals surface area contributed by atoms with Crippen molar-refractivity contribution in [1.82, 2.24) is 0 Å². The van der Waals surface area contributed by atoms with E-state index in [0.717, 1.165) is 6.42 Å². The van der Waals surface area contributed by atoms with Crippen LogP contribution in [0.5, 0.6) is 0 Å². The molecule has 0 saturated heterocycles. The Bertz CT molecular complexity index is 656. The lowest BCUT2D eigenvalue weighted by molar-refractivity contribution is 0.625. The number of hydrogen-bond acceptors (Lipinski definition) is 2. The number of fused-ring (bicyclic) bond motifs is 2. The van der Waals surface area contributed by atoms with Gasteiger partial charge in [-0.3, -0.25) is 0 Å². The largest absolute Gasteiger partial charge is 0.353 e. The van der Waals surface area contributed by atoms with Gasteiger partial charge in [-0.1, -0.05) is 78.1 Å². The molecule has 0 bridgehead atoms. The lowest BCUT2D eigenvalue weighted by atomic mass is 10.0. The second-order valence-corrected chi connectivity index (χ2v) is 8.52. The Morgan fingerprint density at radius 2 is 1.83 bits per heavy atom. The molecule has 1 aliphatic heterocycles. The highest BCUT2D eigenvalue weighted by molar-refractivity contribution is 9.09. The van der Waals surface area contributed by atoms with Gasteiger partial charge in [0.1, 0.15) is 0 Å². The molecular weight excluding hydrogens is 366 g/mol. The topological polar surface area (TPSA) is 12.0 Å². The van der Waals surface area contributed by atoms with Crippen molar-refractivity contribution in [2.45, 2.75) is 60.1 Å². The first-order valence-electron chi connectivity index (χ1n) is 8.57. The summed E-state index contributed by atoms with van der Waals surface area (Å²) in [4.78, 5) is 3.29. The van der Waals surface area contributed by atoms with Crippen molar-refractivity contribution in [3.63, 3.8) is 0 Å². The fraction of sp³-hybridized carbons (Fsp3) is 0.400. The number of aryl methyl sites for hydroxylation is 1. The van der Waals surface area contributed by atoms with Gasteiger partial charge in [-0.15, -0.1) is 0 Å². The molecule has 1 nitrogen and oxygen atoms in total. The van der Waals surface area contributed by atoms with Crippen molar-refractivity contribution in [3.05, 3.63) is 48.0 Å². The van der Waals surface area contributed by atoms with Gasteiger partial charge in [-0.2, -0.15) is 0 Å². The van der Waals surface area contributed by atoms with E-state index in [0.29, 0.717) is 4.83 Å². The molecule has 3 rings (SSSR count). The summed E-state index contributed by atoms with van der Waals surface area (Å²) in [5.74, 6) is 0. The van der Waals surface area contributed by atoms with Crippen LogP contribution in [0.1, 0.15) is 44.6 Å². The molecule has 3 heteroatoms. The van der Waals surface area contributed by atoms with Crippen LogP contribution in [0.3, 0.4) is 0 Å². The molecule has 1 atom stereocenters. The number of hydrogen-bond donors (Lipinski definition) is 1. The van der Waals surface area contributed by atoms with Gasteiger partial charge in [0, 0.05) is 14.6 Å². The quantitative estimate of drug-likeness (QED) is 0.339. The van der Waals surface area contributed by atoms with Gasteiger partial charge in [0.2, 0.25) is 0 Å². The van der Waals surface area contributed by atoms with E-state index in [1.54, 1.807) is 0 Å². The van der Waals surface area contributed by atoms with E-state index in [9.17, 15) is 0 Å². The third-order valence-corrected chi connectivity index (χ3v) is 6.38. The molecule has 1 heterocycles. The molecule has 122 valence electrons. The number of unbranched alkanes of at least 4 members (excludes halogenated alkanes) is 2. The van der Waals surface area contributed by atoms with Crippen LogP contribution in [0.15, 0.2) is 52.3 Å². The second kappa shape index (κ2) is 8.25. The maximum Gasteiger partial charge on any atom is 0.0558 e. The minimum atomic E-state index is 0.633. The average molecular weight is 390 g/mol. The zero-order valence-electron chi connectivity index (χ0n) is 13.6. The molecule has 0 aromatic heterocycles. The van der Waals surface area contributed by atoms with Crippen LogP contribution in [0.2, 0.25) is 0 Å². The Kier molecular flexibility index (Phi) is 6.07. The summed E-state index contributed by atoms with van der Waals surface area (Å²) in [7, 11) is 0. The maximum absolute atomic E-state index is 3.86. The van der Waals surface area contributed by atoms with E-state index in [2.05, 4.69) is 70.6 Å². The first-order valence-corrected chi connectivity index (χ1v) is 10.3. The maximum atomic E-state index is 3.86. The van der Waals surface area contributed by atoms with Gasteiger partial charge in [-0.05, 0) is 43.0 Å². The van der Waals surface area contributed by atoms with Crippen LogP contribution in [0.4, 0.5) is 11.4 Å². The van der Waals surface area contributed by atoms with E-state index in [-0.39, 0.29) is 0 Å². The molecule has 0 radical (unpaired) electrons. The first-order chi connectivity index (χ1) is 11.3. The molecule has 0 amide bonds. The number of rotatable bonds is 7. The van der Waals surface area contributed by atoms with Gasteiger partial charge in [0.25, 0.3) is 0 Å². The molecule has 1 aliphatic rings. The highest BCUT2D eigenvalue weighted by Gasteiger charge is 2.18. The van der Waals surface area contributed by atoms with E-state index in [1.165, 1.54) is 58.8 Å². The Labute approximate surface area is 152 Å². The smallest absolute Gasteiger partial charge is 0.0558 e. The first kappa shape index (κ1) is 16.9. The normalized spacial score (nSPS) is 13.8. The fourth-order valence-electron chi connectivity index (χ4n) is 3.00. The predicted molar refractivity (Wildman–Crippen MR) is 105 cm³/mol. The minimum Gasteiger partial charge on any atom is -0.353 e. The van der Waals surface area contributed by atoms with Crippen LogP contribution in [0, 0.1) is 0 Å². The molecule has 2 aromatic rings. The minimum absolute atomic E-state index is 0.633. The van der Waals surface area contributed by atoms with E-state index >= 15 is 0 Å². The Balaban J connectivity index is 1.66. The molecule has 0 fully saturated rings. The number of para-hydroxylation sites is 2. The number of benzene rings is 2. The van der Waals surface area contributed by atoms with Crippen molar-refractivity contribution in [3.8, 4) is 0 Å². The van der Waals surface area contributed by atoms with Crippen molar-refractivity contribution in [2.24, 2.45) is 0 Å². The second-order valence-electron chi connectivity index (χ2n) is 6.15. The molecule has 23 heavy (non-hydrogen) atoms. The molecular formula is C20H24BrNS. The van der Waals surface area contributed by atoms with E-state index in [1.807, 2.05) is 11.8 Å². The van der Waals surface area contributed by atoms with E-state index in [4.69, 9.17) is 0 Å². The summed E-state index contributed by atoms with van der Waals surface area (Å²) in [6.45, 7) is 2.26.